The highest BCUT2D eigenvalue weighted by Crippen LogP contribution is 2.25. The molecule has 0 heterocycles. The van der Waals surface area contributed by atoms with Crippen molar-refractivity contribution in [2.75, 3.05) is 20.8 Å². The average Bonchev–Trinajstić information content (AvgIpc) is 2.56. The molecule has 0 fully saturated rings. The van der Waals surface area contributed by atoms with Crippen LogP contribution < -0.4 is 14.8 Å². The van der Waals surface area contributed by atoms with Gasteiger partial charge in [0, 0.05) is 12.1 Å². The highest BCUT2D eigenvalue weighted by Gasteiger charge is 2.17. The first-order valence-electron chi connectivity index (χ1n) is 7.24. The van der Waals surface area contributed by atoms with Crippen LogP contribution >= 0.6 is 0 Å². The van der Waals surface area contributed by atoms with Crippen LogP contribution in [-0.2, 0) is 9.53 Å². The van der Waals surface area contributed by atoms with Crippen molar-refractivity contribution in [3.05, 3.63) is 23.8 Å². The number of hydrogen-bond acceptors (Lipinski definition) is 5. The lowest BCUT2D eigenvalue weighted by atomic mass is 10.2. The predicted molar refractivity (Wildman–Crippen MR) is 82.3 cm³/mol. The fourth-order valence-electron chi connectivity index (χ4n) is 1.94. The van der Waals surface area contributed by atoms with Gasteiger partial charge in [0.25, 0.3) is 5.91 Å². The Hall–Kier alpha value is -2.24. The van der Waals surface area contributed by atoms with Crippen LogP contribution in [0.5, 0.6) is 11.5 Å². The van der Waals surface area contributed by atoms with Crippen molar-refractivity contribution in [1.82, 2.24) is 5.32 Å². The summed E-state index contributed by atoms with van der Waals surface area (Å²) in [5.41, 5.74) is 0.249. The lowest BCUT2D eigenvalue weighted by Crippen LogP contribution is -2.36. The summed E-state index contributed by atoms with van der Waals surface area (Å²) in [7, 11) is 2.97. The van der Waals surface area contributed by atoms with Crippen molar-refractivity contribution in [2.45, 2.75) is 32.7 Å². The van der Waals surface area contributed by atoms with E-state index in [1.54, 1.807) is 18.2 Å². The molecule has 0 aliphatic heterocycles. The van der Waals surface area contributed by atoms with Gasteiger partial charge in [-0.2, -0.15) is 0 Å². The quantitative estimate of drug-likeness (QED) is 0.745. The molecular formula is C16H23NO5. The summed E-state index contributed by atoms with van der Waals surface area (Å²) in [6, 6.07) is 4.85. The molecule has 0 aliphatic rings. The molecular weight excluding hydrogens is 286 g/mol. The minimum atomic E-state index is -0.612. The molecule has 0 radical (unpaired) electrons. The molecule has 1 rings (SSSR count). The summed E-state index contributed by atoms with van der Waals surface area (Å²) < 4.78 is 15.2. The number of amides is 1. The van der Waals surface area contributed by atoms with Crippen molar-refractivity contribution >= 4 is 11.9 Å². The standard InChI is InChI=1S/C16H23NO5/c1-5-11(6-2)17-15(18)10-22-16(19)13-8-7-12(20-3)9-14(13)21-4/h7-9,11H,5-6,10H2,1-4H3,(H,17,18). The lowest BCUT2D eigenvalue weighted by molar-refractivity contribution is -0.125. The number of hydrogen-bond donors (Lipinski definition) is 1. The van der Waals surface area contributed by atoms with Gasteiger partial charge in [-0.05, 0) is 25.0 Å². The largest absolute Gasteiger partial charge is 0.497 e. The SMILES string of the molecule is CCC(CC)NC(=O)COC(=O)c1ccc(OC)cc1OC. The third kappa shape index (κ3) is 4.95. The van der Waals surface area contributed by atoms with Gasteiger partial charge in [-0.1, -0.05) is 13.8 Å². The topological polar surface area (TPSA) is 73.9 Å². The summed E-state index contributed by atoms with van der Waals surface area (Å²) in [5.74, 6) is -0.0154. The molecule has 0 aromatic heterocycles. The molecule has 0 bridgehead atoms. The molecule has 0 spiro atoms. The number of benzene rings is 1. The second-order valence-corrected chi connectivity index (χ2v) is 4.72. The summed E-state index contributed by atoms with van der Waals surface area (Å²) in [6.07, 6.45) is 1.67. The van der Waals surface area contributed by atoms with Gasteiger partial charge in [0.15, 0.2) is 6.61 Å². The van der Waals surface area contributed by atoms with Gasteiger partial charge in [0.05, 0.1) is 14.2 Å². The zero-order chi connectivity index (χ0) is 16.5. The van der Waals surface area contributed by atoms with Crippen LogP contribution in [0.25, 0.3) is 0 Å². The van der Waals surface area contributed by atoms with E-state index in [2.05, 4.69) is 5.32 Å². The molecule has 6 nitrogen and oxygen atoms in total. The number of rotatable bonds is 8. The molecule has 0 saturated heterocycles. The molecule has 1 aromatic rings. The molecule has 0 aliphatic carbocycles. The lowest BCUT2D eigenvalue weighted by Gasteiger charge is -2.15. The summed E-state index contributed by atoms with van der Waals surface area (Å²) in [5, 5.41) is 2.80. The third-order valence-electron chi connectivity index (χ3n) is 3.31. The summed E-state index contributed by atoms with van der Waals surface area (Å²) in [4.78, 5) is 23.8. The Morgan fingerprint density at radius 2 is 1.82 bits per heavy atom. The highest BCUT2D eigenvalue weighted by molar-refractivity contribution is 5.94. The third-order valence-corrected chi connectivity index (χ3v) is 3.31. The molecule has 0 unspecified atom stereocenters. The van der Waals surface area contributed by atoms with Gasteiger partial charge < -0.3 is 19.5 Å². The van der Waals surface area contributed by atoms with E-state index in [4.69, 9.17) is 14.2 Å². The van der Waals surface area contributed by atoms with Crippen molar-refractivity contribution in [3.63, 3.8) is 0 Å². The fraction of sp³-hybridized carbons (Fsp3) is 0.500. The second-order valence-electron chi connectivity index (χ2n) is 4.72. The van der Waals surface area contributed by atoms with Gasteiger partial charge >= 0.3 is 5.97 Å². The first-order valence-corrected chi connectivity index (χ1v) is 7.24. The van der Waals surface area contributed by atoms with E-state index in [1.807, 2.05) is 13.8 Å². The highest BCUT2D eigenvalue weighted by atomic mass is 16.5. The maximum Gasteiger partial charge on any atom is 0.342 e. The van der Waals surface area contributed by atoms with Crippen molar-refractivity contribution < 1.29 is 23.8 Å². The number of nitrogens with one attached hydrogen (secondary N) is 1. The minimum absolute atomic E-state index is 0.0988. The zero-order valence-corrected chi connectivity index (χ0v) is 13.5. The van der Waals surface area contributed by atoms with Crippen LogP contribution in [0.1, 0.15) is 37.0 Å². The fourth-order valence-corrected chi connectivity index (χ4v) is 1.94. The second kappa shape index (κ2) is 8.92. The van der Waals surface area contributed by atoms with Crippen LogP contribution in [0.15, 0.2) is 18.2 Å². The maximum atomic E-state index is 12.0. The normalized spacial score (nSPS) is 10.2. The van der Waals surface area contributed by atoms with Crippen LogP contribution in [0.2, 0.25) is 0 Å². The first-order chi connectivity index (χ1) is 10.5. The van der Waals surface area contributed by atoms with Crippen molar-refractivity contribution in [2.24, 2.45) is 0 Å². The van der Waals surface area contributed by atoms with E-state index in [-0.39, 0.29) is 24.1 Å². The molecule has 1 N–H and O–H groups in total. The maximum absolute atomic E-state index is 12.0. The Kier molecular flexibility index (Phi) is 7.22. The Balaban J connectivity index is 2.64. The Morgan fingerprint density at radius 3 is 2.36 bits per heavy atom. The smallest absolute Gasteiger partial charge is 0.342 e. The summed E-state index contributed by atoms with van der Waals surface area (Å²) in [6.45, 7) is 3.66. The van der Waals surface area contributed by atoms with Crippen LogP contribution in [0, 0.1) is 0 Å². The Bertz CT molecular complexity index is 511. The molecule has 0 atom stereocenters. The molecule has 1 amide bonds. The average molecular weight is 309 g/mol. The van der Waals surface area contributed by atoms with Gasteiger partial charge in [-0.15, -0.1) is 0 Å². The van der Waals surface area contributed by atoms with Gasteiger partial charge in [0.1, 0.15) is 17.1 Å². The van der Waals surface area contributed by atoms with E-state index in [9.17, 15) is 9.59 Å². The first kappa shape index (κ1) is 17.8. The van der Waals surface area contributed by atoms with E-state index in [0.29, 0.717) is 11.5 Å². The monoisotopic (exact) mass is 309 g/mol. The molecule has 0 saturated carbocycles. The molecule has 122 valence electrons. The van der Waals surface area contributed by atoms with E-state index in [1.165, 1.54) is 14.2 Å². The zero-order valence-electron chi connectivity index (χ0n) is 13.5. The predicted octanol–water partition coefficient (Wildman–Crippen LogP) is 2.17. The molecule has 1 aromatic carbocycles. The molecule has 6 heteroatoms. The summed E-state index contributed by atoms with van der Waals surface area (Å²) >= 11 is 0. The van der Waals surface area contributed by atoms with Crippen molar-refractivity contribution in [1.29, 1.82) is 0 Å². The van der Waals surface area contributed by atoms with E-state index < -0.39 is 5.97 Å². The number of carbonyl (C=O) groups is 2. The number of esters is 1. The minimum Gasteiger partial charge on any atom is -0.497 e. The van der Waals surface area contributed by atoms with Crippen LogP contribution in [0.3, 0.4) is 0 Å². The van der Waals surface area contributed by atoms with Gasteiger partial charge in [-0.3, -0.25) is 4.79 Å². The Morgan fingerprint density at radius 1 is 1.14 bits per heavy atom. The van der Waals surface area contributed by atoms with E-state index >= 15 is 0 Å². The van der Waals surface area contributed by atoms with E-state index in [0.717, 1.165) is 12.8 Å². The van der Waals surface area contributed by atoms with Gasteiger partial charge in [-0.25, -0.2) is 4.79 Å². The Labute approximate surface area is 130 Å². The number of carbonyl (C=O) groups excluding carboxylic acids is 2. The van der Waals surface area contributed by atoms with Gasteiger partial charge in [0.2, 0.25) is 0 Å². The number of ether oxygens (including phenoxy) is 3. The van der Waals surface area contributed by atoms with Crippen molar-refractivity contribution in [3.8, 4) is 11.5 Å². The van der Waals surface area contributed by atoms with Crippen LogP contribution in [-0.4, -0.2) is 38.7 Å². The molecule has 22 heavy (non-hydrogen) atoms. The number of methoxy groups -OCH3 is 2. The van der Waals surface area contributed by atoms with Crippen LogP contribution in [0.4, 0.5) is 0 Å².